The number of carbonyl (C=O) groups excluding carboxylic acids is 1. The molecule has 0 aromatic heterocycles. The lowest BCUT2D eigenvalue weighted by molar-refractivity contribution is -0.107. The fourth-order valence-corrected chi connectivity index (χ4v) is 2.54. The van der Waals surface area contributed by atoms with Crippen molar-refractivity contribution in [2.24, 2.45) is 0 Å². The smallest absolute Gasteiger partial charge is 0.161 e. The summed E-state index contributed by atoms with van der Waals surface area (Å²) in [6.45, 7) is 13.4. The van der Waals surface area contributed by atoms with Gasteiger partial charge in [0.1, 0.15) is 19.5 Å². The predicted molar refractivity (Wildman–Crippen MR) is 120 cm³/mol. The van der Waals surface area contributed by atoms with Gasteiger partial charge >= 0.3 is 0 Å². The van der Waals surface area contributed by atoms with Crippen LogP contribution >= 0.6 is 0 Å². The van der Waals surface area contributed by atoms with Gasteiger partial charge in [0.2, 0.25) is 0 Å². The molecule has 3 rings (SSSR count). The van der Waals surface area contributed by atoms with Gasteiger partial charge < -0.3 is 19.6 Å². The molecule has 0 spiro atoms. The summed E-state index contributed by atoms with van der Waals surface area (Å²) in [6.07, 6.45) is 2.38. The number of hydrogen-bond acceptors (Lipinski definition) is 4. The molecule has 0 amide bonds. The number of benzene rings is 2. The van der Waals surface area contributed by atoms with Gasteiger partial charge in [-0.2, -0.15) is 0 Å². The van der Waals surface area contributed by atoms with Gasteiger partial charge in [0.05, 0.1) is 0 Å². The molecule has 0 aliphatic carbocycles. The van der Waals surface area contributed by atoms with E-state index in [1.165, 1.54) is 16.7 Å². The van der Waals surface area contributed by atoms with Gasteiger partial charge in [0.15, 0.2) is 11.5 Å². The van der Waals surface area contributed by atoms with E-state index in [2.05, 4.69) is 30.4 Å². The van der Waals surface area contributed by atoms with Crippen LogP contribution in [0.15, 0.2) is 36.4 Å². The Morgan fingerprint density at radius 3 is 2.07 bits per heavy atom. The Bertz CT molecular complexity index is 684. The monoisotopic (exact) mass is 387 g/mol. The van der Waals surface area contributed by atoms with Crippen molar-refractivity contribution in [2.45, 2.75) is 54.4 Å². The summed E-state index contributed by atoms with van der Waals surface area (Å²) in [5.74, 6) is 1.73. The molecule has 0 fully saturated rings. The van der Waals surface area contributed by atoms with Crippen molar-refractivity contribution < 1.29 is 14.3 Å². The molecular weight excluding hydrogens is 350 g/mol. The Kier molecular flexibility index (Phi) is 14.2. The molecular formula is C24H37NO3. The highest BCUT2D eigenvalue weighted by Gasteiger charge is 2.09. The Morgan fingerprint density at radius 1 is 0.893 bits per heavy atom. The second-order valence-corrected chi connectivity index (χ2v) is 5.76. The molecule has 0 unspecified atom stereocenters. The number of aryl methyl sites for hydroxylation is 3. The first-order valence-electron chi connectivity index (χ1n) is 10.2. The lowest BCUT2D eigenvalue weighted by atomic mass is 10.1. The Balaban J connectivity index is 0.000000445. The molecule has 0 saturated heterocycles. The second kappa shape index (κ2) is 15.6. The van der Waals surface area contributed by atoms with E-state index in [1.54, 1.807) is 0 Å². The highest BCUT2D eigenvalue weighted by atomic mass is 16.6. The van der Waals surface area contributed by atoms with Crippen LogP contribution < -0.4 is 14.8 Å². The van der Waals surface area contributed by atoms with Gasteiger partial charge in [-0.25, -0.2) is 0 Å². The second-order valence-electron chi connectivity index (χ2n) is 5.76. The Labute approximate surface area is 171 Å². The highest BCUT2D eigenvalue weighted by molar-refractivity contribution is 5.56. The van der Waals surface area contributed by atoms with E-state index < -0.39 is 0 Å². The standard InChI is InChI=1S/C11H15NO.C9H10O2.2C2H6/c1-9-5-6-11(12-2)10(8-9)4-3-7-13;1-7-2-3-8-9(6-7)11-5-4-10-8;2*1-2/h5-8,12H,3-4H2,1-2H3;2-3,6H,4-5H2,1H3;2*1-2H3. The molecule has 0 atom stereocenters. The third kappa shape index (κ3) is 8.94. The number of aldehydes is 1. The topological polar surface area (TPSA) is 47.6 Å². The van der Waals surface area contributed by atoms with E-state index in [-0.39, 0.29) is 0 Å². The summed E-state index contributed by atoms with van der Waals surface area (Å²) >= 11 is 0. The van der Waals surface area contributed by atoms with E-state index >= 15 is 0 Å². The van der Waals surface area contributed by atoms with E-state index in [0.717, 1.165) is 29.9 Å². The molecule has 2 aromatic carbocycles. The molecule has 1 N–H and O–H groups in total. The Hall–Kier alpha value is -2.49. The molecule has 28 heavy (non-hydrogen) atoms. The number of hydrogen-bond donors (Lipinski definition) is 1. The van der Waals surface area contributed by atoms with E-state index in [1.807, 2.05) is 59.9 Å². The third-order valence-electron chi connectivity index (χ3n) is 3.76. The van der Waals surface area contributed by atoms with Crippen LogP contribution in [0.3, 0.4) is 0 Å². The first kappa shape index (κ1) is 25.5. The number of ether oxygens (including phenoxy) is 2. The molecule has 0 radical (unpaired) electrons. The van der Waals surface area contributed by atoms with Crippen molar-refractivity contribution >= 4 is 12.0 Å². The van der Waals surface area contributed by atoms with Gasteiger partial charge in [0, 0.05) is 19.2 Å². The van der Waals surface area contributed by atoms with Crippen molar-refractivity contribution in [3.63, 3.8) is 0 Å². The lowest BCUT2D eigenvalue weighted by Gasteiger charge is -2.18. The molecule has 156 valence electrons. The molecule has 1 heterocycles. The van der Waals surface area contributed by atoms with Gasteiger partial charge in [0.25, 0.3) is 0 Å². The summed E-state index contributed by atoms with van der Waals surface area (Å²) in [6, 6.07) is 12.2. The summed E-state index contributed by atoms with van der Waals surface area (Å²) < 4.78 is 10.7. The van der Waals surface area contributed by atoms with Crippen molar-refractivity contribution in [2.75, 3.05) is 25.6 Å². The van der Waals surface area contributed by atoms with E-state index in [0.29, 0.717) is 19.6 Å². The fourth-order valence-electron chi connectivity index (χ4n) is 2.54. The van der Waals surface area contributed by atoms with Crippen LogP contribution in [0.2, 0.25) is 0 Å². The van der Waals surface area contributed by atoms with E-state index in [9.17, 15) is 4.79 Å². The van der Waals surface area contributed by atoms with Crippen LogP contribution in [0.4, 0.5) is 5.69 Å². The quantitative estimate of drug-likeness (QED) is 0.655. The minimum absolute atomic E-state index is 0.595. The van der Waals surface area contributed by atoms with Crippen molar-refractivity contribution in [3.8, 4) is 11.5 Å². The molecule has 0 bridgehead atoms. The minimum Gasteiger partial charge on any atom is -0.486 e. The first-order chi connectivity index (χ1) is 13.6. The molecule has 1 aliphatic rings. The zero-order valence-corrected chi connectivity index (χ0v) is 18.6. The van der Waals surface area contributed by atoms with Crippen molar-refractivity contribution in [3.05, 3.63) is 53.1 Å². The predicted octanol–water partition coefficient (Wildman–Crippen LogP) is 5.99. The number of anilines is 1. The highest BCUT2D eigenvalue weighted by Crippen LogP contribution is 2.30. The summed E-state index contributed by atoms with van der Waals surface area (Å²) in [5.41, 5.74) is 4.77. The SMILES string of the molecule is CC.CC.CNc1ccc(C)cc1CCC=O.Cc1ccc2c(c1)OCCO2. The zero-order valence-electron chi connectivity index (χ0n) is 18.6. The average Bonchev–Trinajstić information content (AvgIpc) is 2.75. The Morgan fingerprint density at radius 2 is 1.46 bits per heavy atom. The number of fused-ring (bicyclic) bond motifs is 1. The maximum absolute atomic E-state index is 10.2. The van der Waals surface area contributed by atoms with Gasteiger partial charge in [-0.05, 0) is 49.6 Å². The van der Waals surface area contributed by atoms with Gasteiger partial charge in [-0.15, -0.1) is 0 Å². The van der Waals surface area contributed by atoms with Crippen molar-refractivity contribution in [1.29, 1.82) is 0 Å². The van der Waals surface area contributed by atoms with Crippen LogP contribution in [0, 0.1) is 13.8 Å². The average molecular weight is 388 g/mol. The summed E-state index contributed by atoms with van der Waals surface area (Å²) in [7, 11) is 1.90. The minimum atomic E-state index is 0.595. The molecule has 0 saturated carbocycles. The van der Waals surface area contributed by atoms with E-state index in [4.69, 9.17) is 9.47 Å². The third-order valence-corrected chi connectivity index (χ3v) is 3.76. The zero-order chi connectivity index (χ0) is 21.4. The molecule has 1 aliphatic heterocycles. The van der Waals surface area contributed by atoms with Crippen molar-refractivity contribution in [1.82, 2.24) is 0 Å². The van der Waals surface area contributed by atoms with Crippen LogP contribution in [0.5, 0.6) is 11.5 Å². The number of carbonyl (C=O) groups is 1. The lowest BCUT2D eigenvalue weighted by Crippen LogP contribution is -2.15. The van der Waals surface area contributed by atoms with Crippen LogP contribution in [-0.4, -0.2) is 26.5 Å². The number of nitrogens with one attached hydrogen (secondary N) is 1. The summed E-state index contributed by atoms with van der Waals surface area (Å²) in [5, 5.41) is 3.12. The summed E-state index contributed by atoms with van der Waals surface area (Å²) in [4.78, 5) is 10.2. The largest absolute Gasteiger partial charge is 0.486 e. The maximum atomic E-state index is 10.2. The molecule has 4 nitrogen and oxygen atoms in total. The number of rotatable bonds is 4. The normalized spacial score (nSPS) is 10.7. The fraction of sp³-hybridized carbons (Fsp3) is 0.458. The van der Waals surface area contributed by atoms with Gasteiger partial charge in [-0.1, -0.05) is 51.5 Å². The van der Waals surface area contributed by atoms with Crippen LogP contribution in [-0.2, 0) is 11.2 Å². The van der Waals surface area contributed by atoms with Gasteiger partial charge in [-0.3, -0.25) is 0 Å². The molecule has 4 heteroatoms. The van der Waals surface area contributed by atoms with Crippen LogP contribution in [0.1, 0.15) is 50.8 Å². The maximum Gasteiger partial charge on any atom is 0.161 e. The molecule has 2 aromatic rings. The first-order valence-corrected chi connectivity index (χ1v) is 10.2. The van der Waals surface area contributed by atoms with Crippen LogP contribution in [0.25, 0.3) is 0 Å².